The Morgan fingerprint density at radius 3 is 2.62 bits per heavy atom. The first-order valence-corrected chi connectivity index (χ1v) is 8.69. The summed E-state index contributed by atoms with van der Waals surface area (Å²) in [6.45, 7) is -0.0542. The van der Waals surface area contributed by atoms with Gasteiger partial charge in [0.1, 0.15) is 4.88 Å². The van der Waals surface area contributed by atoms with Crippen LogP contribution in [-0.4, -0.2) is 31.0 Å². The van der Waals surface area contributed by atoms with E-state index in [0.29, 0.717) is 10.7 Å². The Bertz CT molecular complexity index is 741. The van der Waals surface area contributed by atoms with Crippen LogP contribution in [0.5, 0.6) is 0 Å². The molecule has 0 aliphatic rings. The summed E-state index contributed by atoms with van der Waals surface area (Å²) in [6, 6.07) is 8.49. The van der Waals surface area contributed by atoms with Crippen LogP contribution < -0.4 is 10.5 Å². The van der Waals surface area contributed by atoms with Crippen molar-refractivity contribution in [3.05, 3.63) is 40.2 Å². The zero-order valence-corrected chi connectivity index (χ0v) is 13.1. The van der Waals surface area contributed by atoms with Crippen LogP contribution in [0.1, 0.15) is 9.67 Å². The van der Waals surface area contributed by atoms with Crippen LogP contribution in [0.4, 0.5) is 0 Å². The number of nitrogens with zero attached hydrogens (tertiary/aromatic N) is 1. The fraction of sp³-hybridized carbons (Fsp3) is 0.167. The van der Waals surface area contributed by atoms with E-state index in [9.17, 15) is 13.2 Å². The minimum absolute atomic E-state index is 0.0542. The van der Waals surface area contributed by atoms with Gasteiger partial charge in [-0.3, -0.25) is 4.79 Å². The molecule has 0 atom stereocenters. The van der Waals surface area contributed by atoms with Crippen molar-refractivity contribution >= 4 is 39.1 Å². The van der Waals surface area contributed by atoms with Gasteiger partial charge in [-0.1, -0.05) is 23.7 Å². The summed E-state index contributed by atoms with van der Waals surface area (Å²) in [7, 11) is -3.70. The van der Waals surface area contributed by atoms with E-state index in [1.165, 1.54) is 6.07 Å². The number of hydrogen-bond donors (Lipinski definition) is 2. The van der Waals surface area contributed by atoms with Gasteiger partial charge in [-0.05, 0) is 29.7 Å². The Hall–Kier alpha value is -1.48. The third-order valence-corrected chi connectivity index (χ3v) is 4.82. The summed E-state index contributed by atoms with van der Waals surface area (Å²) in [6.07, 6.45) is 0. The van der Waals surface area contributed by atoms with Gasteiger partial charge >= 0.3 is 0 Å². The van der Waals surface area contributed by atoms with Gasteiger partial charge in [-0.15, -0.1) is 0 Å². The van der Waals surface area contributed by atoms with Crippen molar-refractivity contribution in [1.82, 2.24) is 9.10 Å². The van der Waals surface area contributed by atoms with E-state index in [1.807, 2.05) is 4.72 Å². The number of hydrogen-bond acceptors (Lipinski definition) is 6. The normalized spacial score (nSPS) is 11.3. The lowest BCUT2D eigenvalue weighted by Crippen LogP contribution is -2.34. The molecule has 1 amide bonds. The second-order valence-electron chi connectivity index (χ2n) is 4.12. The van der Waals surface area contributed by atoms with Crippen LogP contribution in [0.25, 0.3) is 11.3 Å². The maximum absolute atomic E-state index is 11.9. The maximum atomic E-state index is 11.9. The summed E-state index contributed by atoms with van der Waals surface area (Å²) >= 11 is 6.72. The molecule has 2 aromatic rings. The molecule has 0 aliphatic heterocycles. The fourth-order valence-corrected chi connectivity index (χ4v) is 3.19. The molecule has 0 bridgehead atoms. The van der Waals surface area contributed by atoms with E-state index in [-0.39, 0.29) is 17.2 Å². The summed E-state index contributed by atoms with van der Waals surface area (Å²) in [4.78, 5) is 12.1. The van der Waals surface area contributed by atoms with E-state index in [1.54, 1.807) is 24.3 Å². The molecule has 0 aliphatic carbocycles. The minimum Gasteiger partial charge on any atom is -0.329 e. The standard InChI is InChI=1S/C12H12ClN3O3S2/c13-9-3-1-8(2-4-9)10-7-11(20-15-10)12(17)16-21(18,19)6-5-14/h1-4,7H,5-6,14H2,(H,16,17). The van der Waals surface area contributed by atoms with E-state index in [0.717, 1.165) is 17.1 Å². The van der Waals surface area contributed by atoms with Crippen molar-refractivity contribution in [1.29, 1.82) is 0 Å². The Morgan fingerprint density at radius 2 is 2.00 bits per heavy atom. The molecule has 0 spiro atoms. The zero-order valence-electron chi connectivity index (χ0n) is 10.7. The first-order valence-electron chi connectivity index (χ1n) is 5.89. The highest BCUT2D eigenvalue weighted by molar-refractivity contribution is 7.90. The number of nitrogens with one attached hydrogen (secondary N) is 1. The van der Waals surface area contributed by atoms with Crippen LogP contribution in [0, 0.1) is 0 Å². The molecule has 9 heteroatoms. The highest BCUT2D eigenvalue weighted by atomic mass is 35.5. The van der Waals surface area contributed by atoms with Gasteiger partial charge in [0.2, 0.25) is 10.0 Å². The zero-order chi connectivity index (χ0) is 15.5. The average molecular weight is 346 g/mol. The molecule has 0 fully saturated rings. The van der Waals surface area contributed by atoms with E-state index < -0.39 is 15.9 Å². The maximum Gasteiger partial charge on any atom is 0.276 e. The lowest BCUT2D eigenvalue weighted by molar-refractivity contribution is 0.0985. The number of carbonyl (C=O) groups is 1. The minimum atomic E-state index is -3.70. The summed E-state index contributed by atoms with van der Waals surface area (Å²) in [5.41, 5.74) is 6.54. The van der Waals surface area contributed by atoms with E-state index in [2.05, 4.69) is 4.37 Å². The quantitative estimate of drug-likeness (QED) is 0.854. The number of halogens is 1. The number of amides is 1. The van der Waals surface area contributed by atoms with Gasteiger partial charge in [0, 0.05) is 17.1 Å². The molecule has 1 aromatic heterocycles. The largest absolute Gasteiger partial charge is 0.329 e. The Labute approximate surface area is 131 Å². The van der Waals surface area contributed by atoms with Crippen molar-refractivity contribution in [2.45, 2.75) is 0 Å². The third kappa shape index (κ3) is 4.24. The van der Waals surface area contributed by atoms with Crippen LogP contribution in [-0.2, 0) is 10.0 Å². The SMILES string of the molecule is NCCS(=O)(=O)NC(=O)c1cc(-c2ccc(Cl)cc2)ns1. The molecule has 1 aromatic carbocycles. The second-order valence-corrected chi connectivity index (χ2v) is 7.21. The lowest BCUT2D eigenvalue weighted by Gasteiger charge is -2.02. The fourth-order valence-electron chi connectivity index (χ4n) is 1.54. The molecular weight excluding hydrogens is 334 g/mol. The molecule has 0 saturated carbocycles. The molecule has 2 rings (SSSR count). The molecule has 0 unspecified atom stereocenters. The lowest BCUT2D eigenvalue weighted by atomic mass is 10.1. The number of carbonyl (C=O) groups excluding carboxylic acids is 1. The Kier molecular flexibility index (Phi) is 4.94. The highest BCUT2D eigenvalue weighted by Crippen LogP contribution is 2.23. The number of benzene rings is 1. The first-order chi connectivity index (χ1) is 9.91. The molecule has 0 saturated heterocycles. The number of aromatic nitrogens is 1. The topological polar surface area (TPSA) is 102 Å². The molecule has 0 radical (unpaired) electrons. The van der Waals surface area contributed by atoms with Gasteiger partial charge in [0.15, 0.2) is 0 Å². The number of rotatable bonds is 5. The monoisotopic (exact) mass is 345 g/mol. The smallest absolute Gasteiger partial charge is 0.276 e. The molecule has 6 nitrogen and oxygen atoms in total. The molecule has 112 valence electrons. The number of nitrogens with two attached hydrogens (primary N) is 1. The first kappa shape index (κ1) is 15.9. The third-order valence-electron chi connectivity index (χ3n) is 2.51. The van der Waals surface area contributed by atoms with Gasteiger partial charge in [0.05, 0.1) is 11.4 Å². The van der Waals surface area contributed by atoms with Gasteiger partial charge < -0.3 is 5.73 Å². The van der Waals surface area contributed by atoms with Crippen molar-refractivity contribution in [3.63, 3.8) is 0 Å². The van der Waals surface area contributed by atoms with Crippen molar-refractivity contribution in [3.8, 4) is 11.3 Å². The summed E-state index contributed by atoms with van der Waals surface area (Å²) < 4.78 is 29.1. The van der Waals surface area contributed by atoms with Gasteiger partial charge in [-0.25, -0.2) is 13.1 Å². The van der Waals surface area contributed by atoms with E-state index >= 15 is 0 Å². The molecule has 21 heavy (non-hydrogen) atoms. The number of sulfonamides is 1. The van der Waals surface area contributed by atoms with Crippen LogP contribution >= 0.6 is 23.1 Å². The van der Waals surface area contributed by atoms with Gasteiger partial charge in [0.25, 0.3) is 5.91 Å². The van der Waals surface area contributed by atoms with Crippen molar-refractivity contribution in [2.75, 3.05) is 12.3 Å². The van der Waals surface area contributed by atoms with Crippen molar-refractivity contribution in [2.24, 2.45) is 5.73 Å². The van der Waals surface area contributed by atoms with Crippen molar-refractivity contribution < 1.29 is 13.2 Å². The van der Waals surface area contributed by atoms with Crippen LogP contribution in [0.3, 0.4) is 0 Å². The second kappa shape index (κ2) is 6.52. The Balaban J connectivity index is 2.16. The summed E-state index contributed by atoms with van der Waals surface area (Å²) in [5.74, 6) is -1.01. The predicted molar refractivity (Wildman–Crippen MR) is 82.9 cm³/mol. The molecule has 3 N–H and O–H groups in total. The molecular formula is C12H12ClN3O3S2. The Morgan fingerprint density at radius 1 is 1.33 bits per heavy atom. The van der Waals surface area contributed by atoms with Gasteiger partial charge in [-0.2, -0.15) is 4.37 Å². The molecule has 1 heterocycles. The summed E-state index contributed by atoms with van der Waals surface area (Å²) in [5, 5.41) is 0.597. The van der Waals surface area contributed by atoms with Crippen LogP contribution in [0.2, 0.25) is 5.02 Å². The van der Waals surface area contributed by atoms with E-state index in [4.69, 9.17) is 17.3 Å². The highest BCUT2D eigenvalue weighted by Gasteiger charge is 2.18. The predicted octanol–water partition coefficient (Wildman–Crippen LogP) is 1.48. The average Bonchev–Trinajstić information content (AvgIpc) is 2.88. The van der Waals surface area contributed by atoms with Crippen LogP contribution in [0.15, 0.2) is 30.3 Å².